The molecule has 90 valence electrons. The van der Waals surface area contributed by atoms with Crippen LogP contribution in [0.3, 0.4) is 0 Å². The third-order valence-corrected chi connectivity index (χ3v) is 4.50. The Hall–Kier alpha value is -0.250. The number of hydrogen-bond acceptors (Lipinski definition) is 2. The van der Waals surface area contributed by atoms with Gasteiger partial charge in [0.2, 0.25) is 0 Å². The Kier molecular flexibility index (Phi) is 4.34. The van der Waals surface area contributed by atoms with Crippen molar-refractivity contribution in [1.29, 1.82) is 0 Å². The molecule has 0 bridgehead atoms. The number of hydrogen-bond donors (Lipinski definition) is 1. The van der Waals surface area contributed by atoms with Gasteiger partial charge in [0.1, 0.15) is 0 Å². The summed E-state index contributed by atoms with van der Waals surface area (Å²) in [5.41, 5.74) is 7.17. The van der Waals surface area contributed by atoms with Gasteiger partial charge >= 0.3 is 0 Å². The van der Waals surface area contributed by atoms with E-state index >= 15 is 0 Å². The second-order valence-electron chi connectivity index (χ2n) is 3.70. The van der Waals surface area contributed by atoms with E-state index in [4.69, 9.17) is 40.5 Å². The quantitative estimate of drug-likeness (QED) is 0.853. The molecule has 17 heavy (non-hydrogen) atoms. The summed E-state index contributed by atoms with van der Waals surface area (Å²) in [4.78, 5) is 1.07. The van der Waals surface area contributed by atoms with Crippen LogP contribution in [0.4, 0.5) is 0 Å². The van der Waals surface area contributed by atoms with Crippen LogP contribution < -0.4 is 5.73 Å². The Bertz CT molecular complexity index is 524. The largest absolute Gasteiger partial charge is 0.323 e. The second kappa shape index (κ2) is 5.59. The van der Waals surface area contributed by atoms with Gasteiger partial charge < -0.3 is 5.73 Å². The van der Waals surface area contributed by atoms with E-state index in [2.05, 4.69) is 0 Å². The van der Waals surface area contributed by atoms with Crippen LogP contribution in [0.2, 0.25) is 14.4 Å². The highest BCUT2D eigenvalue weighted by Crippen LogP contribution is 2.29. The highest BCUT2D eigenvalue weighted by molar-refractivity contribution is 7.16. The zero-order valence-electron chi connectivity index (χ0n) is 8.79. The molecule has 1 unspecified atom stereocenters. The summed E-state index contributed by atoms with van der Waals surface area (Å²) in [7, 11) is 0. The maximum Gasteiger partial charge on any atom is 0.0931 e. The molecule has 2 aromatic rings. The molecule has 0 aliphatic heterocycles. The van der Waals surface area contributed by atoms with Crippen molar-refractivity contribution in [3.05, 3.63) is 55.2 Å². The maximum absolute atomic E-state index is 6.10. The molecule has 0 saturated heterocycles. The Morgan fingerprint density at radius 2 is 1.82 bits per heavy atom. The van der Waals surface area contributed by atoms with E-state index in [1.54, 1.807) is 6.07 Å². The predicted octanol–water partition coefficient (Wildman–Crippen LogP) is 4.95. The van der Waals surface area contributed by atoms with Crippen LogP contribution >= 0.6 is 46.1 Å². The van der Waals surface area contributed by atoms with Gasteiger partial charge in [0, 0.05) is 10.9 Å². The first-order valence-electron chi connectivity index (χ1n) is 5.01. The van der Waals surface area contributed by atoms with Crippen LogP contribution in [-0.4, -0.2) is 0 Å². The fourth-order valence-corrected chi connectivity index (χ4v) is 2.93. The Balaban J connectivity index is 2.12. The summed E-state index contributed by atoms with van der Waals surface area (Å²) in [5.74, 6) is 0. The van der Waals surface area contributed by atoms with Crippen molar-refractivity contribution < 1.29 is 0 Å². The number of benzene rings is 1. The van der Waals surface area contributed by atoms with Crippen molar-refractivity contribution in [2.24, 2.45) is 5.73 Å². The number of halogens is 3. The first-order valence-corrected chi connectivity index (χ1v) is 6.96. The molecule has 0 radical (unpaired) electrons. The van der Waals surface area contributed by atoms with Crippen LogP contribution in [0.15, 0.2) is 30.3 Å². The lowest BCUT2D eigenvalue weighted by molar-refractivity contribution is 0.736. The van der Waals surface area contributed by atoms with Gasteiger partial charge in [-0.25, -0.2) is 0 Å². The van der Waals surface area contributed by atoms with Gasteiger partial charge in [-0.1, -0.05) is 40.9 Å². The zero-order valence-corrected chi connectivity index (χ0v) is 11.9. The molecule has 0 fully saturated rings. The molecule has 0 aliphatic rings. The van der Waals surface area contributed by atoms with Crippen LogP contribution in [0.25, 0.3) is 0 Å². The molecule has 5 heteroatoms. The summed E-state index contributed by atoms with van der Waals surface area (Å²) in [6.07, 6.45) is 0.716. The number of nitrogens with two attached hydrogens (primary N) is 1. The van der Waals surface area contributed by atoms with Crippen molar-refractivity contribution in [2.45, 2.75) is 12.5 Å². The van der Waals surface area contributed by atoms with Crippen LogP contribution in [0, 0.1) is 0 Å². The van der Waals surface area contributed by atoms with E-state index < -0.39 is 0 Å². The lowest BCUT2D eigenvalue weighted by atomic mass is 10.1. The van der Waals surface area contributed by atoms with E-state index in [1.807, 2.05) is 24.3 Å². The average Bonchev–Trinajstić information content (AvgIpc) is 2.70. The summed E-state index contributed by atoms with van der Waals surface area (Å²) < 4.78 is 0.754. The molecule has 1 heterocycles. The summed E-state index contributed by atoms with van der Waals surface area (Å²) in [6.45, 7) is 0. The lowest BCUT2D eigenvalue weighted by Gasteiger charge is -2.10. The molecule has 0 spiro atoms. The molecule has 2 rings (SSSR count). The average molecular weight is 307 g/mol. The third-order valence-electron chi connectivity index (χ3n) is 2.40. The molecule has 1 atom stereocenters. The minimum absolute atomic E-state index is 0.0651. The molecule has 1 aromatic heterocycles. The molecule has 1 aromatic carbocycles. The van der Waals surface area contributed by atoms with Crippen LogP contribution in [0.1, 0.15) is 16.5 Å². The molecule has 2 N–H and O–H groups in total. The topological polar surface area (TPSA) is 26.0 Å². The molecule has 1 nitrogen and oxygen atoms in total. The highest BCUT2D eigenvalue weighted by Gasteiger charge is 2.10. The zero-order chi connectivity index (χ0) is 12.4. The Labute approximate surface area is 119 Å². The Morgan fingerprint density at radius 1 is 1.06 bits per heavy atom. The lowest BCUT2D eigenvalue weighted by Crippen LogP contribution is -2.11. The third kappa shape index (κ3) is 3.36. The molecular weight excluding hydrogens is 297 g/mol. The van der Waals surface area contributed by atoms with Gasteiger partial charge in [0.05, 0.1) is 14.4 Å². The summed E-state index contributed by atoms with van der Waals surface area (Å²) in [5, 5.41) is 1.11. The smallest absolute Gasteiger partial charge is 0.0931 e. The first-order chi connectivity index (χ1) is 8.06. The normalized spacial score (nSPS) is 12.7. The fraction of sp³-hybridized carbons (Fsp3) is 0.167. The van der Waals surface area contributed by atoms with Crippen molar-refractivity contribution in [2.75, 3.05) is 0 Å². The number of rotatable bonds is 3. The standard InChI is InChI=1S/C12H10Cl3NS/c13-8-2-1-7(5-9(8)14)6-10(16)11-3-4-12(15)17-11/h1-5,10H,6,16H2. The minimum atomic E-state index is -0.0651. The molecular formula is C12H10Cl3NS. The van der Waals surface area contributed by atoms with Gasteiger partial charge in [-0.3, -0.25) is 0 Å². The fourth-order valence-electron chi connectivity index (χ4n) is 1.55. The van der Waals surface area contributed by atoms with E-state index in [9.17, 15) is 0 Å². The van der Waals surface area contributed by atoms with E-state index in [-0.39, 0.29) is 6.04 Å². The van der Waals surface area contributed by atoms with Crippen molar-refractivity contribution in [3.63, 3.8) is 0 Å². The second-order valence-corrected chi connectivity index (χ2v) is 6.26. The summed E-state index contributed by atoms with van der Waals surface area (Å²) in [6, 6.07) is 9.31. The van der Waals surface area contributed by atoms with Gasteiger partial charge in [-0.15, -0.1) is 11.3 Å². The van der Waals surface area contributed by atoms with Crippen molar-refractivity contribution in [3.8, 4) is 0 Å². The van der Waals surface area contributed by atoms with Crippen LogP contribution in [0.5, 0.6) is 0 Å². The molecule has 0 aliphatic carbocycles. The van der Waals surface area contributed by atoms with Crippen LogP contribution in [-0.2, 0) is 6.42 Å². The van der Waals surface area contributed by atoms with E-state index in [1.165, 1.54) is 11.3 Å². The highest BCUT2D eigenvalue weighted by atomic mass is 35.5. The molecule has 0 amide bonds. The minimum Gasteiger partial charge on any atom is -0.323 e. The van der Waals surface area contributed by atoms with E-state index in [0.717, 1.165) is 14.8 Å². The number of thiophene rings is 1. The van der Waals surface area contributed by atoms with Gasteiger partial charge in [-0.2, -0.15) is 0 Å². The van der Waals surface area contributed by atoms with Crippen molar-refractivity contribution >= 4 is 46.1 Å². The van der Waals surface area contributed by atoms with Crippen molar-refractivity contribution in [1.82, 2.24) is 0 Å². The van der Waals surface area contributed by atoms with Gasteiger partial charge in [-0.05, 0) is 36.2 Å². The maximum atomic E-state index is 6.10. The Morgan fingerprint density at radius 3 is 2.41 bits per heavy atom. The van der Waals surface area contributed by atoms with E-state index in [0.29, 0.717) is 16.5 Å². The first kappa shape index (κ1) is 13.2. The predicted molar refractivity (Wildman–Crippen MR) is 76.4 cm³/mol. The van der Waals surface area contributed by atoms with Gasteiger partial charge in [0.15, 0.2) is 0 Å². The SMILES string of the molecule is NC(Cc1ccc(Cl)c(Cl)c1)c1ccc(Cl)s1. The summed E-state index contributed by atoms with van der Waals surface area (Å²) >= 11 is 19.2. The monoisotopic (exact) mass is 305 g/mol. The van der Waals surface area contributed by atoms with Gasteiger partial charge in [0.25, 0.3) is 0 Å². The molecule has 0 saturated carbocycles.